The zero-order valence-corrected chi connectivity index (χ0v) is 11.1. The Kier molecular flexibility index (Phi) is 5.51. The second-order valence-electron chi connectivity index (χ2n) is 3.82. The number of hydrogen-bond acceptors (Lipinski definition) is 2. The quantitative estimate of drug-likeness (QED) is 0.728. The van der Waals surface area contributed by atoms with Crippen LogP contribution in [0.1, 0.15) is 12.0 Å². The second-order valence-corrected chi connectivity index (χ2v) is 5.27. The summed E-state index contributed by atoms with van der Waals surface area (Å²) >= 11 is 7.74. The Morgan fingerprint density at radius 3 is 2.33 bits per heavy atom. The van der Waals surface area contributed by atoms with E-state index in [9.17, 15) is 0 Å². The molecule has 0 bridgehead atoms. The maximum Gasteiger partial charge on any atom is 0.0552 e. The molecule has 1 rings (SSSR count). The van der Waals surface area contributed by atoms with Gasteiger partial charge in [0.15, 0.2) is 0 Å². The fourth-order valence-corrected chi connectivity index (χ4v) is 2.43. The SMILES string of the molecule is CSC(CCc1ccc(Cl)cc1)N(C)C. The van der Waals surface area contributed by atoms with E-state index in [0.717, 1.165) is 11.4 Å². The molecule has 1 nitrogen and oxygen atoms in total. The van der Waals surface area contributed by atoms with Gasteiger partial charge < -0.3 is 0 Å². The molecule has 0 N–H and O–H groups in total. The van der Waals surface area contributed by atoms with E-state index in [-0.39, 0.29) is 0 Å². The number of rotatable bonds is 5. The lowest BCUT2D eigenvalue weighted by Gasteiger charge is -2.21. The van der Waals surface area contributed by atoms with Gasteiger partial charge in [0.05, 0.1) is 5.37 Å². The fraction of sp³-hybridized carbons (Fsp3) is 0.500. The van der Waals surface area contributed by atoms with E-state index in [4.69, 9.17) is 11.6 Å². The highest BCUT2D eigenvalue weighted by Crippen LogP contribution is 2.17. The molecule has 0 saturated carbocycles. The molecule has 1 atom stereocenters. The Morgan fingerprint density at radius 2 is 1.87 bits per heavy atom. The predicted octanol–water partition coefficient (Wildman–Crippen LogP) is 3.52. The normalized spacial score (nSPS) is 13.1. The number of benzene rings is 1. The Bertz CT molecular complexity index is 284. The van der Waals surface area contributed by atoms with E-state index in [2.05, 4.69) is 37.4 Å². The van der Waals surface area contributed by atoms with Gasteiger partial charge in [-0.3, -0.25) is 4.90 Å². The molecule has 0 aliphatic carbocycles. The summed E-state index contributed by atoms with van der Waals surface area (Å²) in [6.07, 6.45) is 4.45. The Balaban J connectivity index is 2.45. The van der Waals surface area contributed by atoms with Gasteiger partial charge in [0.2, 0.25) is 0 Å². The van der Waals surface area contributed by atoms with Crippen LogP contribution in [0, 0.1) is 0 Å². The molecule has 0 aliphatic rings. The van der Waals surface area contributed by atoms with E-state index in [1.165, 1.54) is 12.0 Å². The molecule has 0 fully saturated rings. The van der Waals surface area contributed by atoms with E-state index in [1.807, 2.05) is 23.9 Å². The van der Waals surface area contributed by atoms with E-state index >= 15 is 0 Å². The minimum absolute atomic E-state index is 0.598. The van der Waals surface area contributed by atoms with Crippen molar-refractivity contribution in [3.8, 4) is 0 Å². The van der Waals surface area contributed by atoms with Crippen LogP contribution < -0.4 is 0 Å². The van der Waals surface area contributed by atoms with Gasteiger partial charge in [0, 0.05) is 5.02 Å². The third kappa shape index (κ3) is 4.45. The van der Waals surface area contributed by atoms with Crippen molar-refractivity contribution in [3.05, 3.63) is 34.9 Å². The summed E-state index contributed by atoms with van der Waals surface area (Å²) in [6.45, 7) is 0. The smallest absolute Gasteiger partial charge is 0.0552 e. The summed E-state index contributed by atoms with van der Waals surface area (Å²) in [5.41, 5.74) is 1.36. The maximum atomic E-state index is 5.84. The van der Waals surface area contributed by atoms with Crippen molar-refractivity contribution in [2.75, 3.05) is 20.4 Å². The fourth-order valence-electron chi connectivity index (χ4n) is 1.53. The van der Waals surface area contributed by atoms with Gasteiger partial charge in [0.25, 0.3) is 0 Å². The van der Waals surface area contributed by atoms with Crippen LogP contribution in [0.2, 0.25) is 5.02 Å². The summed E-state index contributed by atoms with van der Waals surface area (Å²) in [5, 5.41) is 1.41. The number of halogens is 1. The van der Waals surface area contributed by atoms with Gasteiger partial charge in [-0.1, -0.05) is 23.7 Å². The second kappa shape index (κ2) is 6.41. The highest BCUT2D eigenvalue weighted by Gasteiger charge is 2.08. The third-order valence-electron chi connectivity index (χ3n) is 2.44. The highest BCUT2D eigenvalue weighted by molar-refractivity contribution is 7.99. The van der Waals surface area contributed by atoms with Gasteiger partial charge >= 0.3 is 0 Å². The monoisotopic (exact) mass is 243 g/mol. The minimum atomic E-state index is 0.598. The van der Waals surface area contributed by atoms with Crippen LogP contribution in [0.3, 0.4) is 0 Å². The van der Waals surface area contributed by atoms with E-state index in [1.54, 1.807) is 0 Å². The average Bonchev–Trinajstić information content (AvgIpc) is 2.21. The van der Waals surface area contributed by atoms with Crippen LogP contribution >= 0.6 is 23.4 Å². The van der Waals surface area contributed by atoms with Gasteiger partial charge in [0.1, 0.15) is 0 Å². The van der Waals surface area contributed by atoms with Crippen molar-refractivity contribution in [1.29, 1.82) is 0 Å². The van der Waals surface area contributed by atoms with Crippen LogP contribution in [0.5, 0.6) is 0 Å². The Hall–Kier alpha value is -0.180. The standard InChI is InChI=1S/C12H18ClNS/c1-14(2)12(15-3)9-6-10-4-7-11(13)8-5-10/h4-5,7-8,12H,6,9H2,1-3H3. The number of aryl methyl sites for hydroxylation is 1. The predicted molar refractivity (Wildman–Crippen MR) is 70.8 cm³/mol. The van der Waals surface area contributed by atoms with Crippen LogP contribution in [0.25, 0.3) is 0 Å². The van der Waals surface area contributed by atoms with Gasteiger partial charge in [-0.15, -0.1) is 11.8 Å². The maximum absolute atomic E-state index is 5.84. The zero-order chi connectivity index (χ0) is 11.3. The summed E-state index contributed by atoms with van der Waals surface area (Å²) in [6, 6.07) is 8.13. The summed E-state index contributed by atoms with van der Waals surface area (Å²) in [4.78, 5) is 2.26. The average molecular weight is 244 g/mol. The number of thioether (sulfide) groups is 1. The van der Waals surface area contributed by atoms with Gasteiger partial charge in [-0.25, -0.2) is 0 Å². The molecule has 84 valence electrons. The van der Waals surface area contributed by atoms with Crippen LogP contribution in [0.15, 0.2) is 24.3 Å². The molecule has 0 aliphatic heterocycles. The van der Waals surface area contributed by atoms with Crippen molar-refractivity contribution in [2.45, 2.75) is 18.2 Å². The third-order valence-corrected chi connectivity index (χ3v) is 3.89. The molecule has 1 unspecified atom stereocenters. The molecule has 0 spiro atoms. The van der Waals surface area contributed by atoms with Crippen molar-refractivity contribution in [3.63, 3.8) is 0 Å². The molecular formula is C12H18ClNS. The molecule has 0 aromatic heterocycles. The first-order valence-electron chi connectivity index (χ1n) is 5.07. The molecule has 0 radical (unpaired) electrons. The van der Waals surface area contributed by atoms with Crippen molar-refractivity contribution >= 4 is 23.4 Å². The lowest BCUT2D eigenvalue weighted by molar-refractivity contribution is 0.368. The number of nitrogens with zero attached hydrogens (tertiary/aromatic N) is 1. The first kappa shape index (κ1) is 12.9. The number of hydrogen-bond donors (Lipinski definition) is 0. The minimum Gasteiger partial charge on any atom is -0.298 e. The van der Waals surface area contributed by atoms with Crippen molar-refractivity contribution in [1.82, 2.24) is 4.90 Å². The molecule has 15 heavy (non-hydrogen) atoms. The molecule has 1 aromatic rings. The largest absolute Gasteiger partial charge is 0.298 e. The van der Waals surface area contributed by atoms with Crippen molar-refractivity contribution < 1.29 is 0 Å². The lowest BCUT2D eigenvalue weighted by atomic mass is 10.1. The molecule has 3 heteroatoms. The molecule has 0 saturated heterocycles. The first-order chi connectivity index (χ1) is 7.13. The zero-order valence-electron chi connectivity index (χ0n) is 9.53. The first-order valence-corrected chi connectivity index (χ1v) is 6.73. The van der Waals surface area contributed by atoms with E-state index < -0.39 is 0 Å². The van der Waals surface area contributed by atoms with E-state index in [0.29, 0.717) is 5.37 Å². The Morgan fingerprint density at radius 1 is 1.27 bits per heavy atom. The summed E-state index contributed by atoms with van der Waals surface area (Å²) in [5.74, 6) is 0. The van der Waals surface area contributed by atoms with Gasteiger partial charge in [-0.2, -0.15) is 0 Å². The molecule has 0 heterocycles. The highest BCUT2D eigenvalue weighted by atomic mass is 35.5. The van der Waals surface area contributed by atoms with Crippen LogP contribution in [0.4, 0.5) is 0 Å². The van der Waals surface area contributed by atoms with Crippen molar-refractivity contribution in [2.24, 2.45) is 0 Å². The molecular weight excluding hydrogens is 226 g/mol. The van der Waals surface area contributed by atoms with Crippen LogP contribution in [-0.2, 0) is 6.42 Å². The van der Waals surface area contributed by atoms with Crippen LogP contribution in [-0.4, -0.2) is 30.6 Å². The summed E-state index contributed by atoms with van der Waals surface area (Å²) < 4.78 is 0. The molecule has 0 amide bonds. The molecule has 1 aromatic carbocycles. The van der Waals surface area contributed by atoms with Gasteiger partial charge in [-0.05, 0) is 50.9 Å². The summed E-state index contributed by atoms with van der Waals surface area (Å²) in [7, 11) is 4.26. The lowest BCUT2D eigenvalue weighted by Crippen LogP contribution is -2.24. The topological polar surface area (TPSA) is 3.24 Å². The Labute approximate surface area is 102 Å².